The van der Waals surface area contributed by atoms with Crippen molar-refractivity contribution in [3.63, 3.8) is 0 Å². The van der Waals surface area contributed by atoms with Gasteiger partial charge in [-0.1, -0.05) is 23.2 Å². The molecule has 30 heavy (non-hydrogen) atoms. The SMILES string of the molecule is CC(C)NC(=O)c1cc2ccc(OC(=O)COc3cc(Cl)ccc3Cl)cc2oc1=O. The molecule has 0 unspecified atom stereocenters. The van der Waals surface area contributed by atoms with E-state index in [1.165, 1.54) is 24.3 Å². The number of ether oxygens (including phenoxy) is 2. The molecule has 1 heterocycles. The third-order valence-corrected chi connectivity index (χ3v) is 4.39. The van der Waals surface area contributed by atoms with Gasteiger partial charge < -0.3 is 19.2 Å². The van der Waals surface area contributed by atoms with E-state index < -0.39 is 24.1 Å². The number of esters is 1. The predicted octanol–water partition coefficient (Wildman–Crippen LogP) is 4.22. The van der Waals surface area contributed by atoms with Gasteiger partial charge in [0.15, 0.2) is 6.61 Å². The van der Waals surface area contributed by atoms with Crippen molar-refractivity contribution in [2.75, 3.05) is 6.61 Å². The first-order chi connectivity index (χ1) is 14.2. The van der Waals surface area contributed by atoms with Crippen molar-refractivity contribution in [2.45, 2.75) is 19.9 Å². The van der Waals surface area contributed by atoms with Gasteiger partial charge in [-0.25, -0.2) is 9.59 Å². The maximum atomic E-state index is 12.1. The van der Waals surface area contributed by atoms with Gasteiger partial charge in [-0.3, -0.25) is 4.79 Å². The lowest BCUT2D eigenvalue weighted by Gasteiger charge is -2.09. The fraction of sp³-hybridized carbons (Fsp3) is 0.190. The minimum absolute atomic E-state index is 0.104. The highest BCUT2D eigenvalue weighted by molar-refractivity contribution is 6.34. The summed E-state index contributed by atoms with van der Waals surface area (Å²) in [4.78, 5) is 36.3. The number of carbonyl (C=O) groups excluding carboxylic acids is 2. The third kappa shape index (κ3) is 5.31. The molecule has 2 aromatic carbocycles. The molecule has 0 aliphatic carbocycles. The van der Waals surface area contributed by atoms with E-state index in [1.807, 2.05) is 0 Å². The van der Waals surface area contributed by atoms with E-state index in [0.717, 1.165) is 0 Å². The quantitative estimate of drug-likeness (QED) is 0.343. The molecule has 0 atom stereocenters. The molecule has 0 saturated carbocycles. The van der Waals surface area contributed by atoms with Crippen LogP contribution in [0, 0.1) is 0 Å². The first-order valence-corrected chi connectivity index (χ1v) is 9.66. The topological polar surface area (TPSA) is 94.8 Å². The highest BCUT2D eigenvalue weighted by Gasteiger charge is 2.15. The van der Waals surface area contributed by atoms with Crippen LogP contribution in [-0.2, 0) is 4.79 Å². The van der Waals surface area contributed by atoms with Crippen LogP contribution in [0.2, 0.25) is 10.0 Å². The molecule has 3 aromatic rings. The summed E-state index contributed by atoms with van der Waals surface area (Å²) in [5, 5.41) is 3.86. The Morgan fingerprint density at radius 3 is 2.60 bits per heavy atom. The van der Waals surface area contributed by atoms with Crippen LogP contribution in [0.1, 0.15) is 24.2 Å². The predicted molar refractivity (Wildman–Crippen MR) is 113 cm³/mol. The van der Waals surface area contributed by atoms with Crippen LogP contribution in [0.25, 0.3) is 11.0 Å². The van der Waals surface area contributed by atoms with Gasteiger partial charge in [-0.05, 0) is 44.2 Å². The molecule has 156 valence electrons. The monoisotopic (exact) mass is 449 g/mol. The number of carbonyl (C=O) groups is 2. The van der Waals surface area contributed by atoms with E-state index in [-0.39, 0.29) is 28.7 Å². The standard InChI is InChI=1S/C21H17Cl2NO6/c1-11(2)24-20(26)15-7-12-3-5-14(9-17(12)30-21(15)27)29-19(25)10-28-18-8-13(22)4-6-16(18)23/h3-9,11H,10H2,1-2H3,(H,24,26). The van der Waals surface area contributed by atoms with E-state index >= 15 is 0 Å². The van der Waals surface area contributed by atoms with Crippen LogP contribution >= 0.6 is 23.2 Å². The third-order valence-electron chi connectivity index (χ3n) is 3.84. The lowest BCUT2D eigenvalue weighted by Crippen LogP contribution is -2.33. The summed E-state index contributed by atoms with van der Waals surface area (Å²) in [6.07, 6.45) is 0. The number of amides is 1. The maximum absolute atomic E-state index is 12.1. The number of rotatable bonds is 6. The lowest BCUT2D eigenvalue weighted by molar-refractivity contribution is -0.136. The van der Waals surface area contributed by atoms with Crippen LogP contribution in [0.15, 0.2) is 51.7 Å². The first kappa shape index (κ1) is 21.7. The summed E-state index contributed by atoms with van der Waals surface area (Å²) in [7, 11) is 0. The first-order valence-electron chi connectivity index (χ1n) is 8.90. The van der Waals surface area contributed by atoms with Gasteiger partial charge in [0.1, 0.15) is 22.6 Å². The van der Waals surface area contributed by atoms with Crippen molar-refractivity contribution in [3.8, 4) is 11.5 Å². The molecule has 9 heteroatoms. The van der Waals surface area contributed by atoms with E-state index in [4.69, 9.17) is 37.1 Å². The summed E-state index contributed by atoms with van der Waals surface area (Å²) >= 11 is 11.8. The van der Waals surface area contributed by atoms with Crippen molar-refractivity contribution in [1.82, 2.24) is 5.32 Å². The molecule has 0 fully saturated rings. The molecule has 3 rings (SSSR count). The lowest BCUT2D eigenvalue weighted by atomic mass is 10.1. The molecular weight excluding hydrogens is 433 g/mol. The van der Waals surface area contributed by atoms with E-state index in [0.29, 0.717) is 15.4 Å². The second-order valence-corrected chi connectivity index (χ2v) is 7.46. The Bertz CT molecular complexity index is 1170. The molecule has 0 aliphatic rings. The summed E-state index contributed by atoms with van der Waals surface area (Å²) in [6.45, 7) is 3.16. The zero-order valence-electron chi connectivity index (χ0n) is 16.0. The molecule has 0 spiro atoms. The fourth-order valence-electron chi connectivity index (χ4n) is 2.54. The number of hydrogen-bond acceptors (Lipinski definition) is 6. The molecule has 1 N–H and O–H groups in total. The van der Waals surface area contributed by atoms with Gasteiger partial charge in [0.25, 0.3) is 5.91 Å². The van der Waals surface area contributed by atoms with Crippen LogP contribution in [0.4, 0.5) is 0 Å². The molecule has 7 nitrogen and oxygen atoms in total. The highest BCUT2D eigenvalue weighted by Crippen LogP contribution is 2.27. The van der Waals surface area contributed by atoms with Crippen LogP contribution in [0.5, 0.6) is 11.5 Å². The molecule has 1 amide bonds. The Hall–Kier alpha value is -3.03. The Morgan fingerprint density at radius 1 is 1.10 bits per heavy atom. The number of benzene rings is 2. The van der Waals surface area contributed by atoms with Crippen molar-refractivity contribution < 1.29 is 23.5 Å². The molecule has 0 saturated heterocycles. The molecule has 0 radical (unpaired) electrons. The Labute approximate surface area is 181 Å². The normalized spacial score (nSPS) is 10.8. The second kappa shape index (κ2) is 9.19. The van der Waals surface area contributed by atoms with Crippen molar-refractivity contribution >= 4 is 46.0 Å². The van der Waals surface area contributed by atoms with Crippen molar-refractivity contribution in [2.24, 2.45) is 0 Å². The number of halogens is 2. The Kier molecular flexibility index (Phi) is 6.64. The highest BCUT2D eigenvalue weighted by atomic mass is 35.5. The van der Waals surface area contributed by atoms with E-state index in [1.54, 1.807) is 32.0 Å². The smallest absolute Gasteiger partial charge is 0.349 e. The molecule has 1 aromatic heterocycles. The zero-order chi connectivity index (χ0) is 21.8. The maximum Gasteiger partial charge on any atom is 0.349 e. The van der Waals surface area contributed by atoms with Gasteiger partial charge in [-0.15, -0.1) is 0 Å². The summed E-state index contributed by atoms with van der Waals surface area (Å²) in [5.74, 6) is -0.817. The average molecular weight is 450 g/mol. The second-order valence-electron chi connectivity index (χ2n) is 6.61. The zero-order valence-corrected chi connectivity index (χ0v) is 17.5. The van der Waals surface area contributed by atoms with Crippen LogP contribution in [0.3, 0.4) is 0 Å². The van der Waals surface area contributed by atoms with Crippen LogP contribution in [-0.4, -0.2) is 24.5 Å². The molecule has 0 aliphatic heterocycles. The minimum atomic E-state index is -0.789. The van der Waals surface area contributed by atoms with Crippen molar-refractivity contribution in [1.29, 1.82) is 0 Å². The van der Waals surface area contributed by atoms with E-state index in [9.17, 15) is 14.4 Å². The van der Waals surface area contributed by atoms with Gasteiger partial charge in [0.2, 0.25) is 0 Å². The summed E-state index contributed by atoms with van der Waals surface area (Å²) in [5.41, 5.74) is -0.721. The Balaban J connectivity index is 1.72. The number of hydrogen-bond donors (Lipinski definition) is 1. The van der Waals surface area contributed by atoms with E-state index in [2.05, 4.69) is 5.32 Å². The largest absolute Gasteiger partial charge is 0.480 e. The van der Waals surface area contributed by atoms with Gasteiger partial charge in [0, 0.05) is 28.6 Å². The number of fused-ring (bicyclic) bond motifs is 1. The van der Waals surface area contributed by atoms with Crippen LogP contribution < -0.4 is 20.4 Å². The Morgan fingerprint density at radius 2 is 1.87 bits per heavy atom. The number of nitrogens with one attached hydrogen (secondary N) is 1. The minimum Gasteiger partial charge on any atom is -0.480 e. The van der Waals surface area contributed by atoms with Gasteiger partial charge >= 0.3 is 11.6 Å². The summed E-state index contributed by atoms with van der Waals surface area (Å²) in [6, 6.07) is 10.4. The van der Waals surface area contributed by atoms with Gasteiger partial charge in [0.05, 0.1) is 5.02 Å². The fourth-order valence-corrected chi connectivity index (χ4v) is 2.87. The average Bonchev–Trinajstić information content (AvgIpc) is 2.67. The van der Waals surface area contributed by atoms with Crippen molar-refractivity contribution in [3.05, 3.63) is 68.5 Å². The molecular formula is C21H17Cl2NO6. The van der Waals surface area contributed by atoms with Gasteiger partial charge in [-0.2, -0.15) is 0 Å². The summed E-state index contributed by atoms with van der Waals surface area (Å²) < 4.78 is 15.7. The molecule has 0 bridgehead atoms.